The van der Waals surface area contributed by atoms with Gasteiger partial charge in [0.15, 0.2) is 0 Å². The molecule has 0 heterocycles. The number of rotatable bonds is 7. The van der Waals surface area contributed by atoms with Crippen LogP contribution in [0.2, 0.25) is 0 Å². The Morgan fingerprint density at radius 3 is 2.50 bits per heavy atom. The van der Waals surface area contributed by atoms with Crippen LogP contribution in [-0.4, -0.2) is 0 Å². The highest BCUT2D eigenvalue weighted by molar-refractivity contribution is 4.80. The fourth-order valence-electron chi connectivity index (χ4n) is 1.05. The second kappa shape index (κ2) is 10.2. The number of allylic oxidation sites excluding steroid dienone is 2. The molecule has 0 aromatic carbocycles. The van der Waals surface area contributed by atoms with E-state index in [0.29, 0.717) is 0 Å². The minimum absolute atomic E-state index is 0.721. The van der Waals surface area contributed by atoms with Crippen molar-refractivity contribution in [2.45, 2.75) is 51.9 Å². The maximum Gasteiger partial charge on any atom is 0.0621 e. The number of nitrogens with zero attached hydrogens (tertiary/aromatic N) is 1. The van der Waals surface area contributed by atoms with E-state index in [1.807, 2.05) is 0 Å². The summed E-state index contributed by atoms with van der Waals surface area (Å²) in [6.07, 6.45) is 12.4. The Bertz CT molecular complexity index is 142. The van der Waals surface area contributed by atoms with Gasteiger partial charge < -0.3 is 0 Å². The van der Waals surface area contributed by atoms with Crippen LogP contribution in [0.5, 0.6) is 0 Å². The molecule has 0 unspecified atom stereocenters. The minimum atomic E-state index is 0.721. The molecule has 0 atom stereocenters. The molecule has 68 valence electrons. The summed E-state index contributed by atoms with van der Waals surface area (Å²) in [5.74, 6) is 0. The molecule has 0 aliphatic carbocycles. The van der Waals surface area contributed by atoms with Gasteiger partial charge in [-0.1, -0.05) is 31.9 Å². The molecule has 0 bridgehead atoms. The van der Waals surface area contributed by atoms with Crippen LogP contribution in [0, 0.1) is 11.3 Å². The largest absolute Gasteiger partial charge is 0.198 e. The average molecular weight is 165 g/mol. The lowest BCUT2D eigenvalue weighted by molar-refractivity contribution is 0.698. The third-order valence-corrected chi connectivity index (χ3v) is 1.78. The third-order valence-electron chi connectivity index (χ3n) is 1.78. The summed E-state index contributed by atoms with van der Waals surface area (Å²) in [6, 6.07) is 2.16. The van der Waals surface area contributed by atoms with Gasteiger partial charge in [-0.05, 0) is 25.7 Å². The second-order valence-electron chi connectivity index (χ2n) is 3.02. The van der Waals surface area contributed by atoms with E-state index in [0.717, 1.165) is 12.8 Å². The van der Waals surface area contributed by atoms with Gasteiger partial charge >= 0.3 is 0 Å². The molecule has 0 aliphatic heterocycles. The molecule has 0 rings (SSSR count). The lowest BCUT2D eigenvalue weighted by Gasteiger charge is -1.92. The topological polar surface area (TPSA) is 23.8 Å². The highest BCUT2D eigenvalue weighted by Crippen LogP contribution is 2.03. The van der Waals surface area contributed by atoms with E-state index < -0.39 is 0 Å². The molecular weight excluding hydrogens is 146 g/mol. The highest BCUT2D eigenvalue weighted by atomic mass is 14.2. The van der Waals surface area contributed by atoms with Crippen molar-refractivity contribution in [3.05, 3.63) is 12.2 Å². The van der Waals surface area contributed by atoms with Gasteiger partial charge in [0, 0.05) is 6.42 Å². The van der Waals surface area contributed by atoms with E-state index >= 15 is 0 Å². The van der Waals surface area contributed by atoms with Crippen molar-refractivity contribution in [2.24, 2.45) is 0 Å². The Morgan fingerprint density at radius 2 is 1.83 bits per heavy atom. The van der Waals surface area contributed by atoms with Gasteiger partial charge in [0.05, 0.1) is 6.07 Å². The van der Waals surface area contributed by atoms with E-state index in [-0.39, 0.29) is 0 Å². The first-order valence-electron chi connectivity index (χ1n) is 4.93. The predicted octanol–water partition coefficient (Wildman–Crippen LogP) is 3.82. The second-order valence-corrected chi connectivity index (χ2v) is 3.02. The molecule has 0 saturated heterocycles. The zero-order chi connectivity index (χ0) is 9.07. The molecule has 0 aromatic rings. The molecular formula is C11H19N. The van der Waals surface area contributed by atoms with E-state index in [1.165, 1.54) is 32.1 Å². The number of nitriles is 1. The van der Waals surface area contributed by atoms with E-state index in [1.54, 1.807) is 0 Å². The maximum absolute atomic E-state index is 8.27. The smallest absolute Gasteiger partial charge is 0.0621 e. The molecule has 0 fully saturated rings. The molecule has 0 aromatic heterocycles. The summed E-state index contributed by atoms with van der Waals surface area (Å²) in [5.41, 5.74) is 0. The summed E-state index contributed by atoms with van der Waals surface area (Å²) in [5, 5.41) is 8.27. The van der Waals surface area contributed by atoms with Gasteiger partial charge in [0.25, 0.3) is 0 Å². The van der Waals surface area contributed by atoms with Crippen molar-refractivity contribution >= 4 is 0 Å². The van der Waals surface area contributed by atoms with Crippen molar-refractivity contribution in [3.63, 3.8) is 0 Å². The van der Waals surface area contributed by atoms with Crippen molar-refractivity contribution in [3.8, 4) is 6.07 Å². The van der Waals surface area contributed by atoms with E-state index in [2.05, 4.69) is 25.1 Å². The first kappa shape index (κ1) is 11.2. The van der Waals surface area contributed by atoms with E-state index in [4.69, 9.17) is 5.26 Å². The van der Waals surface area contributed by atoms with Crippen LogP contribution >= 0.6 is 0 Å². The summed E-state index contributed by atoms with van der Waals surface area (Å²) >= 11 is 0. The van der Waals surface area contributed by atoms with Crippen LogP contribution in [0.25, 0.3) is 0 Å². The lowest BCUT2D eigenvalue weighted by atomic mass is 10.1. The normalized spacial score (nSPS) is 10.3. The molecule has 12 heavy (non-hydrogen) atoms. The molecule has 0 spiro atoms. The fraction of sp³-hybridized carbons (Fsp3) is 0.727. The fourth-order valence-corrected chi connectivity index (χ4v) is 1.05. The molecule has 0 amide bonds. The first-order valence-corrected chi connectivity index (χ1v) is 4.93. The summed E-state index contributed by atoms with van der Waals surface area (Å²) < 4.78 is 0. The number of hydrogen-bond acceptors (Lipinski definition) is 1. The Labute approximate surface area is 76.1 Å². The van der Waals surface area contributed by atoms with Crippen molar-refractivity contribution < 1.29 is 0 Å². The van der Waals surface area contributed by atoms with Crippen LogP contribution in [0.4, 0.5) is 0 Å². The lowest BCUT2D eigenvalue weighted by Crippen LogP contribution is -1.74. The Kier molecular flexibility index (Phi) is 9.57. The molecule has 1 nitrogen and oxygen atoms in total. The van der Waals surface area contributed by atoms with Gasteiger partial charge in [-0.15, -0.1) is 0 Å². The molecule has 0 saturated carbocycles. The summed E-state index contributed by atoms with van der Waals surface area (Å²) in [7, 11) is 0. The standard InChI is InChI=1S/C11H19N/c1-2-3-4-5-6-7-8-9-10-11-12/h4-5H,2-3,6-10H2,1H3/b5-4-. The molecule has 0 radical (unpaired) electrons. The predicted molar refractivity (Wildman–Crippen MR) is 52.7 cm³/mol. The van der Waals surface area contributed by atoms with Gasteiger partial charge in [-0.3, -0.25) is 0 Å². The Balaban J connectivity index is 2.96. The van der Waals surface area contributed by atoms with Crippen LogP contribution in [0.1, 0.15) is 51.9 Å². The molecule has 0 N–H and O–H groups in total. The first-order chi connectivity index (χ1) is 5.91. The molecule has 0 aliphatic rings. The quantitative estimate of drug-likeness (QED) is 0.415. The monoisotopic (exact) mass is 165 g/mol. The zero-order valence-electron chi connectivity index (χ0n) is 8.05. The maximum atomic E-state index is 8.27. The number of hydrogen-bond donors (Lipinski definition) is 0. The summed E-state index contributed by atoms with van der Waals surface area (Å²) in [4.78, 5) is 0. The van der Waals surface area contributed by atoms with Crippen molar-refractivity contribution in [1.29, 1.82) is 5.26 Å². The van der Waals surface area contributed by atoms with Gasteiger partial charge in [-0.25, -0.2) is 0 Å². The van der Waals surface area contributed by atoms with Crippen LogP contribution < -0.4 is 0 Å². The van der Waals surface area contributed by atoms with Gasteiger partial charge in [0.2, 0.25) is 0 Å². The molecule has 1 heteroatoms. The SMILES string of the molecule is CCC/C=C\CCCCCC#N. The van der Waals surface area contributed by atoms with Crippen molar-refractivity contribution in [1.82, 2.24) is 0 Å². The average Bonchev–Trinajstić information content (AvgIpc) is 2.10. The Hall–Kier alpha value is -0.770. The van der Waals surface area contributed by atoms with Gasteiger partial charge in [0.1, 0.15) is 0 Å². The van der Waals surface area contributed by atoms with Crippen LogP contribution in [0.3, 0.4) is 0 Å². The van der Waals surface area contributed by atoms with E-state index in [9.17, 15) is 0 Å². The summed E-state index contributed by atoms with van der Waals surface area (Å²) in [6.45, 7) is 2.19. The third kappa shape index (κ3) is 9.23. The van der Waals surface area contributed by atoms with Crippen LogP contribution in [0.15, 0.2) is 12.2 Å². The Morgan fingerprint density at radius 1 is 1.08 bits per heavy atom. The highest BCUT2D eigenvalue weighted by Gasteiger charge is 1.85. The minimum Gasteiger partial charge on any atom is -0.198 e. The van der Waals surface area contributed by atoms with Gasteiger partial charge in [-0.2, -0.15) is 5.26 Å². The van der Waals surface area contributed by atoms with Crippen molar-refractivity contribution in [2.75, 3.05) is 0 Å². The number of unbranched alkanes of at least 4 members (excludes halogenated alkanes) is 5. The zero-order valence-corrected chi connectivity index (χ0v) is 8.05. The van der Waals surface area contributed by atoms with Crippen LogP contribution in [-0.2, 0) is 0 Å².